The number of aliphatic hydroxyl groups excluding tert-OH is 1. The van der Waals surface area contributed by atoms with Crippen molar-refractivity contribution >= 4 is 73.5 Å². The highest BCUT2D eigenvalue weighted by Crippen LogP contribution is 2.34. The maximum absolute atomic E-state index is 13.0. The number of alkyl halides is 3. The molecule has 1 aliphatic heterocycles. The molecule has 0 saturated carbocycles. The maximum Gasteiger partial charge on any atom is 0.393 e. The monoisotopic (exact) mass is 710 g/mol. The fourth-order valence-electron chi connectivity index (χ4n) is 6.35. The van der Waals surface area contributed by atoms with Crippen LogP contribution in [0.3, 0.4) is 0 Å². The molecule has 0 aliphatic carbocycles. The second-order valence-corrected chi connectivity index (χ2v) is 14.4. The van der Waals surface area contributed by atoms with Crippen LogP contribution in [0.1, 0.15) is 46.2 Å². The molecular formula is C34H36B3F3N8O2S. The van der Waals surface area contributed by atoms with Crippen LogP contribution in [0.15, 0.2) is 59.8 Å². The molecule has 17 heteroatoms. The van der Waals surface area contributed by atoms with Crippen molar-refractivity contribution in [1.29, 1.82) is 5.26 Å². The second kappa shape index (κ2) is 14.9. The number of carbonyl (C=O) groups is 1. The second-order valence-electron chi connectivity index (χ2n) is 13.2. The molecule has 1 saturated heterocycles. The van der Waals surface area contributed by atoms with E-state index in [4.69, 9.17) is 0 Å². The molecule has 5 heterocycles. The molecule has 0 bridgehead atoms. The fraction of sp³-hybridized carbons (Fsp3) is 0.324. The molecule has 0 spiro atoms. The summed E-state index contributed by atoms with van der Waals surface area (Å²) in [6, 6.07) is 13.3. The Bertz CT molecular complexity index is 2150. The molecule has 3 N–H and O–H groups in total. The molecule has 1 fully saturated rings. The number of aromatic nitrogens is 4. The molecule has 6 rings (SSSR count). The molecule has 1 amide bonds. The highest BCUT2D eigenvalue weighted by Gasteiger charge is 2.29. The van der Waals surface area contributed by atoms with Crippen LogP contribution in [0.2, 0.25) is 0 Å². The van der Waals surface area contributed by atoms with E-state index in [1.165, 1.54) is 12.5 Å². The van der Waals surface area contributed by atoms with E-state index < -0.39 is 18.7 Å². The number of nitrogens with one attached hydrogen (secondary N) is 2. The molecule has 10 nitrogen and oxygen atoms in total. The Hall–Kier alpha value is -4.65. The quantitative estimate of drug-likeness (QED) is 0.149. The topological polar surface area (TPSA) is 132 Å². The minimum absolute atomic E-state index is 0.129. The van der Waals surface area contributed by atoms with E-state index in [1.54, 1.807) is 26.0 Å². The van der Waals surface area contributed by atoms with Gasteiger partial charge in [-0.05, 0) is 60.6 Å². The number of hydrogen-bond acceptors (Lipinski definition) is 9. The highest BCUT2D eigenvalue weighted by atomic mass is 32.1. The van der Waals surface area contributed by atoms with Crippen molar-refractivity contribution < 1.29 is 23.1 Å². The lowest BCUT2D eigenvalue weighted by molar-refractivity contribution is -0.126. The van der Waals surface area contributed by atoms with Crippen LogP contribution >= 0.6 is 11.3 Å². The van der Waals surface area contributed by atoms with Crippen LogP contribution in [0.25, 0.3) is 21.1 Å². The van der Waals surface area contributed by atoms with Gasteiger partial charge >= 0.3 is 6.18 Å². The van der Waals surface area contributed by atoms with Crippen molar-refractivity contribution in [3.05, 3.63) is 87.0 Å². The lowest BCUT2D eigenvalue weighted by atomic mass is 9.69. The Morgan fingerprint density at radius 3 is 2.55 bits per heavy atom. The number of nitrogens with zero attached hydrogens (tertiary/aromatic N) is 6. The number of fused-ring (bicyclic) bond motifs is 2. The van der Waals surface area contributed by atoms with Gasteiger partial charge in [-0.2, -0.15) is 18.4 Å². The van der Waals surface area contributed by atoms with Crippen molar-refractivity contribution in [2.45, 2.75) is 57.6 Å². The average Bonchev–Trinajstić information content (AvgIpc) is 3.67. The maximum atomic E-state index is 13.0. The Morgan fingerprint density at radius 1 is 1.12 bits per heavy atom. The first kappa shape index (κ1) is 36.2. The number of benzene rings is 1. The summed E-state index contributed by atoms with van der Waals surface area (Å²) in [5.41, 5.74) is 4.70. The number of piperidine rings is 1. The zero-order valence-corrected chi connectivity index (χ0v) is 29.6. The molecular weight excluding hydrogens is 674 g/mol. The lowest BCUT2D eigenvalue weighted by Crippen LogP contribution is -2.39. The van der Waals surface area contributed by atoms with Crippen molar-refractivity contribution in [2.24, 2.45) is 0 Å². The van der Waals surface area contributed by atoms with E-state index in [-0.39, 0.29) is 23.4 Å². The lowest BCUT2D eigenvalue weighted by Gasteiger charge is -2.33. The van der Waals surface area contributed by atoms with E-state index >= 15 is 0 Å². The largest absolute Gasteiger partial charge is 0.393 e. The molecule has 1 aromatic carbocycles. The Kier molecular flexibility index (Phi) is 10.6. The molecule has 0 radical (unpaired) electrons. The predicted octanol–water partition coefficient (Wildman–Crippen LogP) is 3.14. The number of likely N-dealkylation sites (tertiary alicyclic amines) is 1. The first-order valence-corrected chi connectivity index (χ1v) is 17.5. The predicted molar refractivity (Wildman–Crippen MR) is 201 cm³/mol. The molecule has 260 valence electrons. The summed E-state index contributed by atoms with van der Waals surface area (Å²) in [5.74, 6) is 0.727. The standard InChI is InChI=1S/C34H36B3F3N8O2S/c1-18-20(15-47-8-6-21(7-9-47)45-31-25-11-23(12-34(38,39)40)51-33(25)44-17-43-31)2-4-26-24(18)10-22(13-41)48(26)16-27(49)19-3-5-28(42-14-19)46-32(50)29(35)30(36)37/h2-5,10-11,14,17,21,27,49H,6-9,12,15-16,35-37H2,1H3,(H,42,46,50)(H,43,44,45). The van der Waals surface area contributed by atoms with E-state index in [1.807, 2.05) is 32.4 Å². The van der Waals surface area contributed by atoms with Gasteiger partial charge in [0.15, 0.2) is 0 Å². The van der Waals surface area contributed by atoms with Crippen molar-refractivity contribution in [2.75, 3.05) is 23.7 Å². The van der Waals surface area contributed by atoms with E-state index in [9.17, 15) is 28.3 Å². The van der Waals surface area contributed by atoms with E-state index in [0.29, 0.717) is 38.6 Å². The van der Waals surface area contributed by atoms with E-state index in [0.717, 1.165) is 71.2 Å². The Balaban J connectivity index is 1.09. The van der Waals surface area contributed by atoms with Gasteiger partial charge in [0.05, 0.1) is 24.5 Å². The van der Waals surface area contributed by atoms with Gasteiger partial charge < -0.3 is 20.3 Å². The average molecular weight is 710 g/mol. The minimum atomic E-state index is -4.28. The number of carbonyl (C=O) groups excluding carboxylic acids is 1. The molecule has 1 aliphatic rings. The van der Waals surface area contributed by atoms with Gasteiger partial charge in [0, 0.05) is 53.2 Å². The Labute approximate surface area is 300 Å². The molecule has 4 aromatic heterocycles. The summed E-state index contributed by atoms with van der Waals surface area (Å²) in [5, 5.41) is 29.8. The number of amides is 1. The normalized spacial score (nSPS) is 14.7. The van der Waals surface area contributed by atoms with Gasteiger partial charge in [-0.1, -0.05) is 12.1 Å². The minimum Gasteiger partial charge on any atom is -0.386 e. The van der Waals surface area contributed by atoms with Crippen LogP contribution in [0, 0.1) is 18.3 Å². The van der Waals surface area contributed by atoms with Crippen molar-refractivity contribution in [1.82, 2.24) is 24.4 Å². The summed E-state index contributed by atoms with van der Waals surface area (Å²) in [7, 11) is 5.48. The fourth-order valence-corrected chi connectivity index (χ4v) is 7.37. The number of halogens is 3. The number of anilines is 2. The van der Waals surface area contributed by atoms with Crippen LogP contribution in [-0.2, 0) is 24.3 Å². The van der Waals surface area contributed by atoms with Gasteiger partial charge in [-0.25, -0.2) is 15.0 Å². The van der Waals surface area contributed by atoms with Gasteiger partial charge in [-0.15, -0.1) is 16.7 Å². The third-order valence-corrected chi connectivity index (χ3v) is 10.6. The SMILES string of the molecule is BC(B)=C(B)C(=O)Nc1ccc(C(O)Cn2c(C#N)cc3c(C)c(CN4CCC(Nc5ncnc6sc(CC(F)(F)F)cc56)CC4)ccc32)cn1. The van der Waals surface area contributed by atoms with Crippen LogP contribution in [0.4, 0.5) is 24.8 Å². The highest BCUT2D eigenvalue weighted by molar-refractivity contribution is 7.18. The number of pyridine rings is 1. The first-order chi connectivity index (χ1) is 24.3. The van der Waals surface area contributed by atoms with Crippen LogP contribution in [-0.4, -0.2) is 84.3 Å². The van der Waals surface area contributed by atoms with Crippen molar-refractivity contribution in [3.63, 3.8) is 0 Å². The van der Waals surface area contributed by atoms with Gasteiger partial charge in [0.2, 0.25) is 5.91 Å². The number of aryl methyl sites for hydroxylation is 1. The van der Waals surface area contributed by atoms with Crippen molar-refractivity contribution in [3.8, 4) is 6.07 Å². The van der Waals surface area contributed by atoms with E-state index in [2.05, 4.69) is 49.5 Å². The summed E-state index contributed by atoms with van der Waals surface area (Å²) < 4.78 is 40.7. The van der Waals surface area contributed by atoms with Crippen LogP contribution in [0.5, 0.6) is 0 Å². The van der Waals surface area contributed by atoms with Gasteiger partial charge in [-0.3, -0.25) is 9.69 Å². The number of nitriles is 1. The number of thiophene rings is 1. The Morgan fingerprint density at radius 2 is 1.88 bits per heavy atom. The summed E-state index contributed by atoms with van der Waals surface area (Å²) in [4.78, 5) is 28.3. The third-order valence-electron chi connectivity index (χ3n) is 9.52. The third kappa shape index (κ3) is 8.30. The molecule has 51 heavy (non-hydrogen) atoms. The number of hydrogen-bond donors (Lipinski definition) is 3. The zero-order chi connectivity index (χ0) is 36.4. The first-order valence-electron chi connectivity index (χ1n) is 16.7. The van der Waals surface area contributed by atoms with Gasteiger partial charge in [0.25, 0.3) is 0 Å². The molecule has 5 aromatic rings. The van der Waals surface area contributed by atoms with Gasteiger partial charge in [0.1, 0.15) is 58.1 Å². The van der Waals surface area contributed by atoms with Crippen LogP contribution < -0.4 is 10.6 Å². The summed E-state index contributed by atoms with van der Waals surface area (Å²) in [6.45, 7) is 4.59. The molecule has 1 atom stereocenters. The zero-order valence-electron chi connectivity index (χ0n) is 28.8. The number of aliphatic hydroxyl groups is 1. The number of rotatable bonds is 10. The summed E-state index contributed by atoms with van der Waals surface area (Å²) >= 11 is 1.05. The smallest absolute Gasteiger partial charge is 0.386 e. The summed E-state index contributed by atoms with van der Waals surface area (Å²) in [6.07, 6.45) is -1.58. The molecule has 1 unspecified atom stereocenters.